The van der Waals surface area contributed by atoms with Gasteiger partial charge in [-0.15, -0.1) is 0 Å². The summed E-state index contributed by atoms with van der Waals surface area (Å²) in [4.78, 5) is 11.0. The average Bonchev–Trinajstić information content (AvgIpc) is 3.02. The summed E-state index contributed by atoms with van der Waals surface area (Å²) in [6.45, 7) is 11.2. The number of ether oxygens (including phenoxy) is 1. The fourth-order valence-corrected chi connectivity index (χ4v) is 2.50. The first-order chi connectivity index (χ1) is 9.75. The molecule has 0 spiro atoms. The normalized spacial score (nSPS) is 20.6. The largest absolute Gasteiger partial charge is 0.484 e. The highest BCUT2D eigenvalue weighted by atomic mass is 16.5. The monoisotopic (exact) mass is 278 g/mol. The van der Waals surface area contributed by atoms with Crippen LogP contribution < -0.4 is 15.0 Å². The molecule has 1 saturated heterocycles. The maximum atomic E-state index is 5.91. The Morgan fingerprint density at radius 2 is 1.95 bits per heavy atom. The first kappa shape index (κ1) is 14.9. The molecule has 0 aliphatic carbocycles. The number of anilines is 2. The van der Waals surface area contributed by atoms with E-state index in [0.717, 1.165) is 30.5 Å². The third-order valence-corrected chi connectivity index (χ3v) is 3.72. The van der Waals surface area contributed by atoms with Crippen LogP contribution in [0.25, 0.3) is 0 Å². The summed E-state index contributed by atoms with van der Waals surface area (Å²) in [5.74, 6) is 3.16. The topological polar surface area (TPSA) is 50.3 Å². The molecule has 1 N–H and O–H groups in total. The van der Waals surface area contributed by atoms with Crippen LogP contribution in [0, 0.1) is 5.92 Å². The number of fused-ring (bicyclic) bond motifs is 1. The Hall–Kier alpha value is -1.52. The zero-order valence-corrected chi connectivity index (χ0v) is 13.0. The highest BCUT2D eigenvalue weighted by Crippen LogP contribution is 2.37. The molecule has 0 amide bonds. The number of rotatable bonds is 2. The lowest BCUT2D eigenvalue weighted by Crippen LogP contribution is -2.37. The molecular formula is C15H26N4O. The van der Waals surface area contributed by atoms with Crippen LogP contribution in [0.3, 0.4) is 0 Å². The molecule has 3 rings (SSSR count). The molecule has 0 aromatic carbocycles. The molecule has 1 aromatic rings. The molecule has 5 heteroatoms. The van der Waals surface area contributed by atoms with E-state index in [2.05, 4.69) is 34.0 Å². The molecule has 2 aliphatic rings. The van der Waals surface area contributed by atoms with Gasteiger partial charge in [0.05, 0.1) is 6.04 Å². The Morgan fingerprint density at radius 1 is 1.25 bits per heavy atom. The second kappa shape index (κ2) is 6.77. The van der Waals surface area contributed by atoms with E-state index in [9.17, 15) is 0 Å². The van der Waals surface area contributed by atoms with Gasteiger partial charge in [-0.2, -0.15) is 0 Å². The predicted octanol–water partition coefficient (Wildman–Crippen LogP) is 2.93. The second-order valence-electron chi connectivity index (χ2n) is 5.38. The molecule has 5 nitrogen and oxygen atoms in total. The molecule has 1 aromatic heterocycles. The van der Waals surface area contributed by atoms with E-state index in [1.165, 1.54) is 12.8 Å². The van der Waals surface area contributed by atoms with Crippen molar-refractivity contribution < 1.29 is 4.74 Å². The van der Waals surface area contributed by atoms with Crippen molar-refractivity contribution in [1.29, 1.82) is 0 Å². The van der Waals surface area contributed by atoms with E-state index in [1.807, 2.05) is 13.8 Å². The summed E-state index contributed by atoms with van der Waals surface area (Å²) in [5.41, 5.74) is 0. The Bertz CT molecular complexity index is 430. The fraction of sp³-hybridized carbons (Fsp3) is 0.733. The molecule has 1 atom stereocenters. The SMILES string of the molecule is CC.CC(C)C1COc2c(ncnc2N2CCCC2)N1. The molecule has 0 radical (unpaired) electrons. The maximum absolute atomic E-state index is 5.91. The highest BCUT2D eigenvalue weighted by molar-refractivity contribution is 5.66. The third kappa shape index (κ3) is 2.97. The van der Waals surface area contributed by atoms with Crippen LogP contribution in [0.5, 0.6) is 5.75 Å². The van der Waals surface area contributed by atoms with Crippen molar-refractivity contribution in [2.24, 2.45) is 5.92 Å². The highest BCUT2D eigenvalue weighted by Gasteiger charge is 2.28. The maximum Gasteiger partial charge on any atom is 0.204 e. The van der Waals surface area contributed by atoms with E-state index in [4.69, 9.17) is 4.74 Å². The van der Waals surface area contributed by atoms with Gasteiger partial charge in [0.1, 0.15) is 12.9 Å². The molecule has 0 bridgehead atoms. The number of nitrogens with one attached hydrogen (secondary N) is 1. The summed E-state index contributed by atoms with van der Waals surface area (Å²) < 4.78 is 5.91. The molecule has 0 saturated carbocycles. The molecule has 112 valence electrons. The molecule has 2 aliphatic heterocycles. The van der Waals surface area contributed by atoms with Crippen LogP contribution >= 0.6 is 0 Å². The third-order valence-electron chi connectivity index (χ3n) is 3.72. The minimum absolute atomic E-state index is 0.332. The van der Waals surface area contributed by atoms with Gasteiger partial charge in [0.2, 0.25) is 5.75 Å². The van der Waals surface area contributed by atoms with Gasteiger partial charge in [0.15, 0.2) is 11.6 Å². The van der Waals surface area contributed by atoms with Gasteiger partial charge in [0, 0.05) is 13.1 Å². The summed E-state index contributed by atoms with van der Waals surface area (Å²) in [6, 6.07) is 0.332. The Morgan fingerprint density at radius 3 is 2.60 bits per heavy atom. The zero-order chi connectivity index (χ0) is 14.5. The van der Waals surface area contributed by atoms with Crippen LogP contribution in [0.1, 0.15) is 40.5 Å². The van der Waals surface area contributed by atoms with Crippen molar-refractivity contribution in [2.75, 3.05) is 29.9 Å². The van der Waals surface area contributed by atoms with Gasteiger partial charge in [-0.25, -0.2) is 9.97 Å². The van der Waals surface area contributed by atoms with E-state index in [0.29, 0.717) is 18.6 Å². The van der Waals surface area contributed by atoms with Crippen molar-refractivity contribution in [1.82, 2.24) is 9.97 Å². The fourth-order valence-electron chi connectivity index (χ4n) is 2.50. The summed E-state index contributed by atoms with van der Waals surface area (Å²) in [5, 5.41) is 3.46. The number of hydrogen-bond donors (Lipinski definition) is 1. The summed E-state index contributed by atoms with van der Waals surface area (Å²) in [7, 11) is 0. The molecule has 20 heavy (non-hydrogen) atoms. The van der Waals surface area contributed by atoms with Gasteiger partial charge in [-0.1, -0.05) is 27.7 Å². The van der Waals surface area contributed by atoms with Crippen molar-refractivity contribution in [3.05, 3.63) is 6.33 Å². The first-order valence-corrected chi connectivity index (χ1v) is 7.75. The Kier molecular flexibility index (Phi) is 5.04. The summed E-state index contributed by atoms with van der Waals surface area (Å²) >= 11 is 0. The smallest absolute Gasteiger partial charge is 0.204 e. The Labute approximate surface area is 121 Å². The van der Waals surface area contributed by atoms with E-state index < -0.39 is 0 Å². The Balaban J connectivity index is 0.000000704. The lowest BCUT2D eigenvalue weighted by atomic mass is 10.0. The van der Waals surface area contributed by atoms with Crippen LogP contribution in [0.2, 0.25) is 0 Å². The van der Waals surface area contributed by atoms with Gasteiger partial charge < -0.3 is 15.0 Å². The van der Waals surface area contributed by atoms with Crippen LogP contribution in [-0.4, -0.2) is 35.7 Å². The first-order valence-electron chi connectivity index (χ1n) is 7.75. The van der Waals surface area contributed by atoms with Crippen molar-refractivity contribution in [3.63, 3.8) is 0 Å². The van der Waals surface area contributed by atoms with Gasteiger partial charge in [0.25, 0.3) is 0 Å². The second-order valence-corrected chi connectivity index (χ2v) is 5.38. The lowest BCUT2D eigenvalue weighted by Gasteiger charge is -2.31. The van der Waals surface area contributed by atoms with E-state index in [-0.39, 0.29) is 0 Å². The quantitative estimate of drug-likeness (QED) is 0.901. The van der Waals surface area contributed by atoms with E-state index >= 15 is 0 Å². The zero-order valence-electron chi connectivity index (χ0n) is 13.0. The van der Waals surface area contributed by atoms with Crippen molar-refractivity contribution >= 4 is 11.6 Å². The lowest BCUT2D eigenvalue weighted by molar-refractivity contribution is 0.255. The van der Waals surface area contributed by atoms with Gasteiger partial charge in [-0.05, 0) is 18.8 Å². The minimum atomic E-state index is 0.332. The van der Waals surface area contributed by atoms with Crippen molar-refractivity contribution in [2.45, 2.75) is 46.6 Å². The molecule has 1 fully saturated rings. The minimum Gasteiger partial charge on any atom is -0.484 e. The van der Waals surface area contributed by atoms with Gasteiger partial charge >= 0.3 is 0 Å². The summed E-state index contributed by atoms with van der Waals surface area (Å²) in [6.07, 6.45) is 4.10. The van der Waals surface area contributed by atoms with Gasteiger partial charge in [-0.3, -0.25) is 0 Å². The number of aromatic nitrogens is 2. The standard InChI is InChI=1S/C13H20N4O.C2H6/c1-9(2)10-7-18-11-12(16-10)14-8-15-13(11)17-5-3-4-6-17;1-2/h8-10H,3-7H2,1-2H3,(H,14,15,16);1-2H3. The van der Waals surface area contributed by atoms with Crippen LogP contribution in [0.15, 0.2) is 6.33 Å². The molecule has 3 heterocycles. The molecular weight excluding hydrogens is 252 g/mol. The van der Waals surface area contributed by atoms with E-state index in [1.54, 1.807) is 6.33 Å². The number of nitrogens with zero attached hydrogens (tertiary/aromatic N) is 3. The van der Waals surface area contributed by atoms with Crippen LogP contribution in [-0.2, 0) is 0 Å². The predicted molar refractivity (Wildman–Crippen MR) is 82.6 cm³/mol. The van der Waals surface area contributed by atoms with Crippen molar-refractivity contribution in [3.8, 4) is 5.75 Å². The average molecular weight is 278 g/mol. The van der Waals surface area contributed by atoms with Crippen LogP contribution in [0.4, 0.5) is 11.6 Å². The number of hydrogen-bond acceptors (Lipinski definition) is 5. The molecule has 1 unspecified atom stereocenters.